The van der Waals surface area contributed by atoms with E-state index in [4.69, 9.17) is 10.3 Å². The van der Waals surface area contributed by atoms with E-state index in [0.717, 1.165) is 15.1 Å². The van der Waals surface area contributed by atoms with Gasteiger partial charge in [-0.2, -0.15) is 4.98 Å². The zero-order valence-electron chi connectivity index (χ0n) is 8.61. The molecule has 0 saturated heterocycles. The largest absolute Gasteiger partial charge is 0.398 e. The molecule has 84 valence electrons. The maximum Gasteiger partial charge on any atom is 0.236 e. The fourth-order valence-electron chi connectivity index (χ4n) is 1.19. The van der Waals surface area contributed by atoms with Crippen molar-refractivity contribution < 1.29 is 4.52 Å². The molecule has 0 amide bonds. The van der Waals surface area contributed by atoms with E-state index in [1.807, 2.05) is 18.2 Å². The van der Waals surface area contributed by atoms with E-state index >= 15 is 0 Å². The smallest absolute Gasteiger partial charge is 0.236 e. The molecule has 2 aromatic rings. The second kappa shape index (κ2) is 4.88. The molecule has 2 N–H and O–H groups in total. The maximum atomic E-state index is 5.87. The molecule has 0 aliphatic heterocycles. The first-order valence-electron chi connectivity index (χ1n) is 4.62. The van der Waals surface area contributed by atoms with E-state index in [2.05, 4.69) is 26.1 Å². The number of hydrogen-bond acceptors (Lipinski definition) is 5. The minimum absolute atomic E-state index is 0.616. The molecule has 0 bridgehead atoms. The van der Waals surface area contributed by atoms with Crippen LogP contribution in [0.15, 0.2) is 32.1 Å². The fourth-order valence-corrected chi connectivity index (χ4v) is 2.35. The van der Waals surface area contributed by atoms with Crippen molar-refractivity contribution in [1.29, 1.82) is 0 Å². The minimum atomic E-state index is 0.616. The van der Waals surface area contributed by atoms with Gasteiger partial charge in [-0.1, -0.05) is 21.1 Å². The lowest BCUT2D eigenvalue weighted by Gasteiger charge is -2.03. The van der Waals surface area contributed by atoms with Gasteiger partial charge < -0.3 is 10.3 Å². The second-order valence-corrected chi connectivity index (χ2v) is 5.14. The van der Waals surface area contributed by atoms with E-state index in [1.165, 1.54) is 0 Å². The van der Waals surface area contributed by atoms with Gasteiger partial charge in [-0.3, -0.25) is 0 Å². The number of halogens is 1. The number of hydrogen-bond donors (Lipinski definition) is 1. The number of nitrogens with two attached hydrogens (primary N) is 1. The lowest BCUT2D eigenvalue weighted by atomic mass is 10.3. The molecular formula is C10H10BrN3OS. The molecule has 4 nitrogen and oxygen atoms in total. The number of benzene rings is 1. The van der Waals surface area contributed by atoms with E-state index in [1.54, 1.807) is 18.7 Å². The van der Waals surface area contributed by atoms with Gasteiger partial charge in [0.05, 0.1) is 5.75 Å². The summed E-state index contributed by atoms with van der Waals surface area (Å²) in [6, 6.07) is 5.80. The van der Waals surface area contributed by atoms with Gasteiger partial charge in [0.2, 0.25) is 5.89 Å². The Morgan fingerprint density at radius 2 is 2.31 bits per heavy atom. The summed E-state index contributed by atoms with van der Waals surface area (Å²) >= 11 is 4.95. The Labute approximate surface area is 106 Å². The summed E-state index contributed by atoms with van der Waals surface area (Å²) in [6.45, 7) is 1.80. The number of rotatable bonds is 3. The van der Waals surface area contributed by atoms with Crippen LogP contribution in [0.25, 0.3) is 0 Å². The maximum absolute atomic E-state index is 5.87. The van der Waals surface area contributed by atoms with Crippen molar-refractivity contribution >= 4 is 33.4 Å². The normalized spacial score (nSPS) is 10.6. The van der Waals surface area contributed by atoms with Gasteiger partial charge in [-0.15, -0.1) is 11.8 Å². The molecule has 1 aromatic carbocycles. The molecule has 0 aliphatic rings. The van der Waals surface area contributed by atoms with Crippen LogP contribution < -0.4 is 5.73 Å². The lowest BCUT2D eigenvalue weighted by Crippen LogP contribution is -1.89. The molecule has 1 heterocycles. The second-order valence-electron chi connectivity index (χ2n) is 3.21. The minimum Gasteiger partial charge on any atom is -0.398 e. The van der Waals surface area contributed by atoms with Gasteiger partial charge in [0.1, 0.15) is 0 Å². The molecule has 0 atom stereocenters. The van der Waals surface area contributed by atoms with Crippen molar-refractivity contribution in [3.8, 4) is 0 Å². The zero-order chi connectivity index (χ0) is 11.5. The van der Waals surface area contributed by atoms with Crippen LogP contribution in [0.5, 0.6) is 0 Å². The monoisotopic (exact) mass is 299 g/mol. The highest BCUT2D eigenvalue weighted by molar-refractivity contribution is 9.10. The SMILES string of the molecule is Cc1noc(CSc2ccc(Br)cc2N)n1. The quantitative estimate of drug-likeness (QED) is 0.697. The third kappa shape index (κ3) is 2.76. The molecule has 0 aliphatic carbocycles. The van der Waals surface area contributed by atoms with E-state index in [-0.39, 0.29) is 0 Å². The van der Waals surface area contributed by atoms with Crippen LogP contribution in [0.1, 0.15) is 11.7 Å². The van der Waals surface area contributed by atoms with E-state index < -0.39 is 0 Å². The number of aromatic nitrogens is 2. The predicted molar refractivity (Wildman–Crippen MR) is 67.2 cm³/mol. The molecule has 0 saturated carbocycles. The van der Waals surface area contributed by atoms with Gasteiger partial charge >= 0.3 is 0 Å². The summed E-state index contributed by atoms with van der Waals surface area (Å²) in [7, 11) is 0. The highest BCUT2D eigenvalue weighted by Gasteiger charge is 2.06. The van der Waals surface area contributed by atoms with Crippen LogP contribution in [0, 0.1) is 6.92 Å². The third-order valence-corrected chi connectivity index (χ3v) is 3.46. The van der Waals surface area contributed by atoms with Crippen molar-refractivity contribution in [1.82, 2.24) is 10.1 Å². The molecule has 16 heavy (non-hydrogen) atoms. The topological polar surface area (TPSA) is 64.9 Å². The van der Waals surface area contributed by atoms with Gasteiger partial charge in [0.25, 0.3) is 0 Å². The zero-order valence-corrected chi connectivity index (χ0v) is 11.0. The number of nitrogen functional groups attached to an aromatic ring is 1. The Balaban J connectivity index is 2.04. The highest BCUT2D eigenvalue weighted by atomic mass is 79.9. The molecule has 6 heteroatoms. The Kier molecular flexibility index (Phi) is 3.50. The number of aryl methyl sites for hydroxylation is 1. The summed E-state index contributed by atoms with van der Waals surface area (Å²) in [6.07, 6.45) is 0. The fraction of sp³-hybridized carbons (Fsp3) is 0.200. The average molecular weight is 300 g/mol. The van der Waals surface area contributed by atoms with Crippen LogP contribution in [-0.2, 0) is 5.75 Å². The van der Waals surface area contributed by atoms with Crippen molar-refractivity contribution in [3.05, 3.63) is 34.4 Å². The van der Waals surface area contributed by atoms with Crippen molar-refractivity contribution in [2.24, 2.45) is 0 Å². The molecule has 0 radical (unpaired) electrons. The molecule has 0 fully saturated rings. The summed E-state index contributed by atoms with van der Waals surface area (Å²) in [5.41, 5.74) is 6.62. The lowest BCUT2D eigenvalue weighted by molar-refractivity contribution is 0.387. The number of thioether (sulfide) groups is 1. The van der Waals surface area contributed by atoms with Crippen molar-refractivity contribution in [2.75, 3.05) is 5.73 Å². The summed E-state index contributed by atoms with van der Waals surface area (Å²) in [5.74, 6) is 1.90. The number of nitrogens with zero attached hydrogens (tertiary/aromatic N) is 2. The number of anilines is 1. The van der Waals surface area contributed by atoms with Crippen LogP contribution in [0.3, 0.4) is 0 Å². The molecular weight excluding hydrogens is 290 g/mol. The first kappa shape index (κ1) is 11.5. The van der Waals surface area contributed by atoms with Gasteiger partial charge in [-0.25, -0.2) is 0 Å². The summed E-state index contributed by atoms with van der Waals surface area (Å²) in [4.78, 5) is 5.14. The first-order chi connectivity index (χ1) is 7.65. The Hall–Kier alpha value is -1.01. The predicted octanol–water partition coefficient (Wildman–Crippen LogP) is 3.02. The van der Waals surface area contributed by atoms with E-state index in [0.29, 0.717) is 17.5 Å². The van der Waals surface area contributed by atoms with Crippen LogP contribution >= 0.6 is 27.7 Å². The van der Waals surface area contributed by atoms with Crippen molar-refractivity contribution in [3.63, 3.8) is 0 Å². The first-order valence-corrected chi connectivity index (χ1v) is 6.40. The standard InChI is InChI=1S/C10H10BrN3OS/c1-6-13-10(15-14-6)5-16-9-3-2-7(11)4-8(9)12/h2-4H,5,12H2,1H3. The van der Waals surface area contributed by atoms with Gasteiger partial charge in [-0.05, 0) is 25.1 Å². The van der Waals surface area contributed by atoms with Crippen LogP contribution in [-0.4, -0.2) is 10.1 Å². The highest BCUT2D eigenvalue weighted by Crippen LogP contribution is 2.29. The Bertz CT molecular complexity index is 501. The van der Waals surface area contributed by atoms with Gasteiger partial charge in [0, 0.05) is 15.1 Å². The van der Waals surface area contributed by atoms with Crippen molar-refractivity contribution in [2.45, 2.75) is 17.6 Å². The molecule has 2 rings (SSSR count). The van der Waals surface area contributed by atoms with Gasteiger partial charge in [0.15, 0.2) is 5.82 Å². The average Bonchev–Trinajstić information content (AvgIpc) is 2.63. The molecule has 0 unspecified atom stereocenters. The Morgan fingerprint density at radius 1 is 1.50 bits per heavy atom. The summed E-state index contributed by atoms with van der Waals surface area (Å²) in [5, 5.41) is 3.73. The van der Waals surface area contributed by atoms with E-state index in [9.17, 15) is 0 Å². The van der Waals surface area contributed by atoms with Crippen LogP contribution in [0.4, 0.5) is 5.69 Å². The summed E-state index contributed by atoms with van der Waals surface area (Å²) < 4.78 is 5.99. The molecule has 0 spiro atoms. The Morgan fingerprint density at radius 3 is 2.94 bits per heavy atom. The van der Waals surface area contributed by atoms with Crippen LogP contribution in [0.2, 0.25) is 0 Å². The third-order valence-electron chi connectivity index (χ3n) is 1.89. The molecule has 1 aromatic heterocycles.